The summed E-state index contributed by atoms with van der Waals surface area (Å²) in [6.45, 7) is 0. The second-order valence-corrected chi connectivity index (χ2v) is 5.70. The van der Waals surface area contributed by atoms with Gasteiger partial charge in [-0.2, -0.15) is 4.98 Å². The Morgan fingerprint density at radius 1 is 1.00 bits per heavy atom. The van der Waals surface area contributed by atoms with Crippen molar-refractivity contribution < 1.29 is 4.52 Å². The predicted octanol–water partition coefficient (Wildman–Crippen LogP) is 5.47. The molecule has 0 N–H and O–H groups in total. The zero-order valence-electron chi connectivity index (χ0n) is 9.98. The molecule has 20 heavy (non-hydrogen) atoms. The van der Waals surface area contributed by atoms with Crippen LogP contribution < -0.4 is 0 Å². The second kappa shape index (κ2) is 5.56. The van der Waals surface area contributed by atoms with E-state index in [0.717, 1.165) is 15.6 Å². The summed E-state index contributed by atoms with van der Waals surface area (Å²) in [4.78, 5) is 4.37. The third kappa shape index (κ3) is 2.59. The lowest BCUT2D eigenvalue weighted by molar-refractivity contribution is 0.432. The van der Waals surface area contributed by atoms with E-state index < -0.39 is 0 Å². The quantitative estimate of drug-likeness (QED) is 0.600. The lowest BCUT2D eigenvalue weighted by atomic mass is 10.2. The molecule has 0 saturated carbocycles. The van der Waals surface area contributed by atoms with Gasteiger partial charge in [0.15, 0.2) is 0 Å². The molecule has 2 aromatic carbocycles. The molecule has 0 amide bonds. The highest BCUT2D eigenvalue weighted by Gasteiger charge is 2.13. The van der Waals surface area contributed by atoms with Crippen molar-refractivity contribution in [2.75, 3.05) is 0 Å². The normalized spacial score (nSPS) is 10.8. The molecule has 0 bridgehead atoms. The summed E-state index contributed by atoms with van der Waals surface area (Å²) >= 11 is 15.3. The van der Waals surface area contributed by atoms with Crippen LogP contribution in [0.5, 0.6) is 0 Å². The Bertz CT molecular complexity index is 773. The molecule has 0 radical (unpaired) electrons. The van der Waals surface area contributed by atoms with Gasteiger partial charge in [0.25, 0.3) is 5.89 Å². The third-order valence-corrected chi connectivity index (χ3v) is 4.14. The van der Waals surface area contributed by atoms with Crippen LogP contribution in [0.4, 0.5) is 0 Å². The van der Waals surface area contributed by atoms with Gasteiger partial charge in [0, 0.05) is 10.0 Å². The Morgan fingerprint density at radius 2 is 1.80 bits per heavy atom. The van der Waals surface area contributed by atoms with E-state index in [4.69, 9.17) is 27.7 Å². The van der Waals surface area contributed by atoms with Crippen LogP contribution >= 0.6 is 39.1 Å². The number of hydrogen-bond donors (Lipinski definition) is 0. The minimum absolute atomic E-state index is 0.443. The maximum absolute atomic E-state index is 5.99. The molecule has 0 saturated heterocycles. The number of aromatic nitrogens is 2. The van der Waals surface area contributed by atoms with Gasteiger partial charge in [0.2, 0.25) is 5.82 Å². The maximum Gasteiger partial charge on any atom is 0.259 e. The SMILES string of the molecule is Clc1ccc(-c2noc(-c3ccccc3Br)n2)cc1Cl. The molecule has 100 valence electrons. The van der Waals surface area contributed by atoms with Gasteiger partial charge >= 0.3 is 0 Å². The number of rotatable bonds is 2. The summed E-state index contributed by atoms with van der Waals surface area (Å²) in [7, 11) is 0. The van der Waals surface area contributed by atoms with Gasteiger partial charge in [-0.05, 0) is 46.3 Å². The third-order valence-electron chi connectivity index (χ3n) is 2.71. The molecule has 0 aliphatic heterocycles. The first-order valence-electron chi connectivity index (χ1n) is 5.69. The van der Waals surface area contributed by atoms with Crippen molar-refractivity contribution in [3.63, 3.8) is 0 Å². The van der Waals surface area contributed by atoms with E-state index in [1.807, 2.05) is 24.3 Å². The van der Waals surface area contributed by atoms with E-state index in [1.54, 1.807) is 18.2 Å². The molecule has 6 heteroatoms. The Morgan fingerprint density at radius 3 is 2.55 bits per heavy atom. The monoisotopic (exact) mass is 368 g/mol. The highest BCUT2D eigenvalue weighted by atomic mass is 79.9. The standard InChI is InChI=1S/C14H7BrCl2N2O/c15-10-4-2-1-3-9(10)14-18-13(19-20-14)8-5-6-11(16)12(17)7-8/h1-7H. The average molecular weight is 370 g/mol. The van der Waals surface area contributed by atoms with E-state index in [0.29, 0.717) is 21.8 Å². The smallest absolute Gasteiger partial charge is 0.259 e. The maximum atomic E-state index is 5.99. The Labute approximate surface area is 133 Å². The molecule has 3 nitrogen and oxygen atoms in total. The average Bonchev–Trinajstić information content (AvgIpc) is 2.92. The molecule has 3 aromatic rings. The van der Waals surface area contributed by atoms with Crippen LogP contribution in [0.1, 0.15) is 0 Å². The second-order valence-electron chi connectivity index (χ2n) is 4.03. The molecule has 3 rings (SSSR count). The van der Waals surface area contributed by atoms with Crippen LogP contribution in [-0.2, 0) is 0 Å². The first kappa shape index (κ1) is 13.6. The fourth-order valence-electron chi connectivity index (χ4n) is 1.72. The summed E-state index contributed by atoms with van der Waals surface area (Å²) in [6.07, 6.45) is 0. The fraction of sp³-hybridized carbons (Fsp3) is 0. The van der Waals surface area contributed by atoms with Gasteiger partial charge in [0.05, 0.1) is 15.6 Å². The van der Waals surface area contributed by atoms with E-state index in [-0.39, 0.29) is 0 Å². The minimum atomic E-state index is 0.443. The Balaban J connectivity index is 2.02. The highest BCUT2D eigenvalue weighted by Crippen LogP contribution is 2.30. The Kier molecular flexibility index (Phi) is 3.78. The van der Waals surface area contributed by atoms with Crippen molar-refractivity contribution in [3.8, 4) is 22.8 Å². The van der Waals surface area contributed by atoms with Crippen LogP contribution in [0.25, 0.3) is 22.8 Å². The number of benzene rings is 2. The summed E-state index contributed by atoms with van der Waals surface area (Å²) in [6, 6.07) is 12.8. The number of hydrogen-bond acceptors (Lipinski definition) is 3. The lowest BCUT2D eigenvalue weighted by Gasteiger charge is -1.98. The van der Waals surface area contributed by atoms with Crippen LogP contribution in [-0.4, -0.2) is 10.1 Å². The number of halogens is 3. The molecule has 0 fully saturated rings. The minimum Gasteiger partial charge on any atom is -0.334 e. The molecule has 0 atom stereocenters. The molecule has 0 aliphatic rings. The first-order valence-corrected chi connectivity index (χ1v) is 7.24. The summed E-state index contributed by atoms with van der Waals surface area (Å²) in [5.74, 6) is 0.910. The molecular formula is C14H7BrCl2N2O. The van der Waals surface area contributed by atoms with Crippen molar-refractivity contribution in [2.24, 2.45) is 0 Å². The largest absolute Gasteiger partial charge is 0.334 e. The van der Waals surface area contributed by atoms with E-state index >= 15 is 0 Å². The van der Waals surface area contributed by atoms with Crippen molar-refractivity contribution in [2.45, 2.75) is 0 Å². The van der Waals surface area contributed by atoms with Gasteiger partial charge in [-0.1, -0.05) is 40.5 Å². The highest BCUT2D eigenvalue weighted by molar-refractivity contribution is 9.10. The molecule has 1 aromatic heterocycles. The van der Waals surface area contributed by atoms with Crippen LogP contribution in [0.15, 0.2) is 51.5 Å². The van der Waals surface area contributed by atoms with Gasteiger partial charge in [0.1, 0.15) is 0 Å². The van der Waals surface area contributed by atoms with Crippen molar-refractivity contribution in [3.05, 3.63) is 57.0 Å². The van der Waals surface area contributed by atoms with Gasteiger partial charge in [-0.25, -0.2) is 0 Å². The summed E-state index contributed by atoms with van der Waals surface area (Å²) in [5.41, 5.74) is 1.59. The zero-order valence-corrected chi connectivity index (χ0v) is 13.1. The van der Waals surface area contributed by atoms with Crippen molar-refractivity contribution >= 4 is 39.1 Å². The topological polar surface area (TPSA) is 38.9 Å². The van der Waals surface area contributed by atoms with Crippen molar-refractivity contribution in [1.29, 1.82) is 0 Å². The lowest BCUT2D eigenvalue weighted by Crippen LogP contribution is -1.82. The summed E-state index contributed by atoms with van der Waals surface area (Å²) < 4.78 is 6.18. The van der Waals surface area contributed by atoms with Crippen molar-refractivity contribution in [1.82, 2.24) is 10.1 Å². The summed E-state index contributed by atoms with van der Waals surface area (Å²) in [5, 5.41) is 4.91. The molecular weight excluding hydrogens is 363 g/mol. The van der Waals surface area contributed by atoms with Gasteiger partial charge in [-0.15, -0.1) is 0 Å². The molecule has 0 spiro atoms. The number of nitrogens with zero attached hydrogens (tertiary/aromatic N) is 2. The molecule has 1 heterocycles. The van der Waals surface area contributed by atoms with Gasteiger partial charge < -0.3 is 4.52 Å². The zero-order chi connectivity index (χ0) is 14.1. The first-order chi connectivity index (χ1) is 9.65. The van der Waals surface area contributed by atoms with Crippen LogP contribution in [0, 0.1) is 0 Å². The van der Waals surface area contributed by atoms with E-state index in [9.17, 15) is 0 Å². The molecule has 0 aliphatic carbocycles. The molecule has 0 unspecified atom stereocenters. The van der Waals surface area contributed by atoms with Crippen LogP contribution in [0.2, 0.25) is 10.0 Å². The Hall–Kier alpha value is -1.36. The van der Waals surface area contributed by atoms with E-state index in [2.05, 4.69) is 26.1 Å². The van der Waals surface area contributed by atoms with E-state index in [1.165, 1.54) is 0 Å². The van der Waals surface area contributed by atoms with Gasteiger partial charge in [-0.3, -0.25) is 0 Å². The van der Waals surface area contributed by atoms with Crippen LogP contribution in [0.3, 0.4) is 0 Å². The fourth-order valence-corrected chi connectivity index (χ4v) is 2.47. The predicted molar refractivity (Wildman–Crippen MR) is 82.9 cm³/mol.